The molecule has 1 heterocycles. The molecule has 1 aliphatic heterocycles. The molecule has 26 heavy (non-hydrogen) atoms. The van der Waals surface area contributed by atoms with E-state index < -0.39 is 0 Å². The third-order valence-electron chi connectivity index (χ3n) is 7.30. The molecule has 4 saturated carbocycles. The Bertz CT molecular complexity index is 642. The summed E-state index contributed by atoms with van der Waals surface area (Å²) in [4.78, 5) is 15.7. The number of nitrogens with zero attached hydrogens (tertiary/aromatic N) is 1. The molecule has 1 N–H and O–H groups in total. The van der Waals surface area contributed by atoms with Crippen molar-refractivity contribution in [3.8, 4) is 0 Å². The van der Waals surface area contributed by atoms with Gasteiger partial charge < -0.3 is 5.32 Å². The Morgan fingerprint density at radius 2 is 1.65 bits per heavy atom. The van der Waals surface area contributed by atoms with E-state index in [1.54, 1.807) is 0 Å². The number of hydrogen-bond acceptors (Lipinski definition) is 3. The van der Waals surface area contributed by atoms with Crippen LogP contribution < -0.4 is 5.32 Å². The van der Waals surface area contributed by atoms with Crippen molar-refractivity contribution in [3.63, 3.8) is 0 Å². The van der Waals surface area contributed by atoms with E-state index >= 15 is 0 Å². The Labute approximate surface area is 161 Å². The molecule has 0 unspecified atom stereocenters. The summed E-state index contributed by atoms with van der Waals surface area (Å²) in [5.41, 5.74) is 2.32. The molecule has 4 heteroatoms. The van der Waals surface area contributed by atoms with Gasteiger partial charge in [-0.3, -0.25) is 9.69 Å². The Morgan fingerprint density at radius 1 is 1.00 bits per heavy atom. The maximum atomic E-state index is 13.2. The fourth-order valence-corrected chi connectivity index (χ4v) is 7.33. The van der Waals surface area contributed by atoms with Gasteiger partial charge in [-0.25, -0.2) is 0 Å². The minimum absolute atomic E-state index is 0.266. The highest BCUT2D eigenvalue weighted by Crippen LogP contribution is 2.56. The summed E-state index contributed by atoms with van der Waals surface area (Å²) in [5, 5.41) is 3.36. The second-order valence-corrected chi connectivity index (χ2v) is 10.2. The molecular weight excluding hydrogens is 340 g/mol. The molecule has 140 valence electrons. The maximum absolute atomic E-state index is 13.2. The van der Waals surface area contributed by atoms with E-state index in [0.29, 0.717) is 17.7 Å². The van der Waals surface area contributed by atoms with Gasteiger partial charge in [-0.2, -0.15) is 11.8 Å². The van der Waals surface area contributed by atoms with Crippen LogP contribution in [0.25, 0.3) is 0 Å². The Balaban J connectivity index is 1.29. The van der Waals surface area contributed by atoms with Crippen molar-refractivity contribution in [2.45, 2.75) is 38.6 Å². The first kappa shape index (κ1) is 17.1. The zero-order valence-corrected chi connectivity index (χ0v) is 16.3. The van der Waals surface area contributed by atoms with Gasteiger partial charge in [0.2, 0.25) is 5.91 Å². The van der Waals surface area contributed by atoms with Crippen LogP contribution in [0.5, 0.6) is 0 Å². The van der Waals surface area contributed by atoms with Crippen LogP contribution in [0.3, 0.4) is 0 Å². The molecule has 1 aromatic rings. The second-order valence-electron chi connectivity index (χ2n) is 8.99. The Hall–Kier alpha value is -1.00. The zero-order chi connectivity index (χ0) is 17.5. The lowest BCUT2D eigenvalue weighted by Gasteiger charge is -2.53. The van der Waals surface area contributed by atoms with Crippen molar-refractivity contribution in [1.29, 1.82) is 0 Å². The van der Waals surface area contributed by atoms with Crippen LogP contribution in [-0.2, 0) is 11.3 Å². The Morgan fingerprint density at radius 3 is 2.35 bits per heavy atom. The predicted molar refractivity (Wildman–Crippen MR) is 108 cm³/mol. The van der Waals surface area contributed by atoms with Crippen molar-refractivity contribution < 1.29 is 4.79 Å². The van der Waals surface area contributed by atoms with E-state index in [-0.39, 0.29) is 5.92 Å². The summed E-state index contributed by atoms with van der Waals surface area (Å²) in [6.07, 6.45) is 6.66. The van der Waals surface area contributed by atoms with E-state index in [9.17, 15) is 4.79 Å². The second kappa shape index (κ2) is 7.20. The highest BCUT2D eigenvalue weighted by atomic mass is 32.2. The summed E-state index contributed by atoms with van der Waals surface area (Å²) in [6.45, 7) is 3.27. The fourth-order valence-electron chi connectivity index (χ4n) is 6.35. The SMILES string of the molecule is O=C(Nc1ccccc1CN1CCSCC1)C1C2CC3CC(C2)CC1C3. The number of anilines is 1. The normalized spacial score (nSPS) is 36.2. The maximum Gasteiger partial charge on any atom is 0.228 e. The molecular formula is C22H30N2OS. The fraction of sp³-hybridized carbons (Fsp3) is 0.682. The molecule has 0 atom stereocenters. The topological polar surface area (TPSA) is 32.3 Å². The number of benzene rings is 1. The van der Waals surface area contributed by atoms with Crippen LogP contribution in [-0.4, -0.2) is 35.4 Å². The van der Waals surface area contributed by atoms with E-state index in [1.807, 2.05) is 11.8 Å². The van der Waals surface area contributed by atoms with Crippen LogP contribution in [0.4, 0.5) is 5.69 Å². The number of amides is 1. The monoisotopic (exact) mass is 370 g/mol. The van der Waals surface area contributed by atoms with E-state index in [4.69, 9.17) is 0 Å². The van der Waals surface area contributed by atoms with Crippen molar-refractivity contribution in [1.82, 2.24) is 4.90 Å². The minimum atomic E-state index is 0.266. The first-order chi connectivity index (χ1) is 12.8. The molecule has 1 aromatic carbocycles. The quantitative estimate of drug-likeness (QED) is 0.860. The lowest BCUT2D eigenvalue weighted by atomic mass is 9.51. The number of para-hydroxylation sites is 1. The first-order valence-electron chi connectivity index (χ1n) is 10.4. The van der Waals surface area contributed by atoms with E-state index in [0.717, 1.165) is 37.2 Å². The van der Waals surface area contributed by atoms with Gasteiger partial charge in [0.05, 0.1) is 0 Å². The third kappa shape index (κ3) is 3.31. The molecule has 1 saturated heterocycles. The molecule has 4 bridgehead atoms. The van der Waals surface area contributed by atoms with Crippen molar-refractivity contribution in [2.24, 2.45) is 29.6 Å². The van der Waals surface area contributed by atoms with Gasteiger partial charge in [-0.15, -0.1) is 0 Å². The third-order valence-corrected chi connectivity index (χ3v) is 8.24. The highest BCUT2D eigenvalue weighted by molar-refractivity contribution is 7.99. The van der Waals surface area contributed by atoms with Crippen molar-refractivity contribution >= 4 is 23.4 Å². The molecule has 5 fully saturated rings. The molecule has 4 aliphatic carbocycles. The minimum Gasteiger partial charge on any atom is -0.326 e. The van der Waals surface area contributed by atoms with Gasteiger partial charge in [-0.1, -0.05) is 18.2 Å². The molecule has 0 spiro atoms. The van der Waals surface area contributed by atoms with E-state index in [1.165, 1.54) is 49.2 Å². The number of thioether (sulfide) groups is 1. The summed E-state index contributed by atoms with van der Waals surface area (Å²) in [6, 6.07) is 8.45. The number of hydrogen-bond donors (Lipinski definition) is 1. The average molecular weight is 371 g/mol. The van der Waals surface area contributed by atoms with Gasteiger partial charge in [0.1, 0.15) is 0 Å². The van der Waals surface area contributed by atoms with Crippen molar-refractivity contribution in [2.75, 3.05) is 29.9 Å². The molecule has 0 aromatic heterocycles. The summed E-state index contributed by atoms with van der Waals surface area (Å²) < 4.78 is 0. The van der Waals surface area contributed by atoms with Gasteiger partial charge >= 0.3 is 0 Å². The summed E-state index contributed by atoms with van der Waals surface area (Å²) >= 11 is 2.04. The van der Waals surface area contributed by atoms with Crippen LogP contribution in [0, 0.1) is 29.6 Å². The summed E-state index contributed by atoms with van der Waals surface area (Å²) in [7, 11) is 0. The number of carbonyl (C=O) groups is 1. The standard InChI is InChI=1S/C22H30N2OS/c25-22(21-18-10-15-9-16(12-18)13-19(21)11-15)23-20-4-2-1-3-17(20)14-24-5-7-26-8-6-24/h1-4,15-16,18-19,21H,5-14H2,(H,23,25). The average Bonchev–Trinajstić information content (AvgIpc) is 2.63. The molecule has 3 nitrogen and oxygen atoms in total. The van der Waals surface area contributed by atoms with Crippen LogP contribution in [0.15, 0.2) is 24.3 Å². The molecule has 5 aliphatic rings. The highest BCUT2D eigenvalue weighted by Gasteiger charge is 2.50. The van der Waals surface area contributed by atoms with Gasteiger partial charge in [0, 0.05) is 42.7 Å². The zero-order valence-electron chi connectivity index (χ0n) is 15.5. The van der Waals surface area contributed by atoms with Crippen LogP contribution in [0.1, 0.15) is 37.7 Å². The van der Waals surface area contributed by atoms with Crippen LogP contribution >= 0.6 is 11.8 Å². The van der Waals surface area contributed by atoms with Gasteiger partial charge in [0.25, 0.3) is 0 Å². The van der Waals surface area contributed by atoms with E-state index in [2.05, 4.69) is 34.5 Å². The summed E-state index contributed by atoms with van der Waals surface area (Å²) in [5.74, 6) is 6.17. The largest absolute Gasteiger partial charge is 0.326 e. The molecule has 6 rings (SSSR count). The first-order valence-corrected chi connectivity index (χ1v) is 11.6. The van der Waals surface area contributed by atoms with Crippen molar-refractivity contribution in [3.05, 3.63) is 29.8 Å². The van der Waals surface area contributed by atoms with Gasteiger partial charge in [-0.05, 0) is 67.4 Å². The molecule has 0 radical (unpaired) electrons. The number of nitrogens with one attached hydrogen (secondary N) is 1. The predicted octanol–water partition coefficient (Wildman–Crippen LogP) is 4.25. The Kier molecular flexibility index (Phi) is 4.74. The van der Waals surface area contributed by atoms with Crippen LogP contribution in [0.2, 0.25) is 0 Å². The van der Waals surface area contributed by atoms with Gasteiger partial charge in [0.15, 0.2) is 0 Å². The smallest absolute Gasteiger partial charge is 0.228 e. The molecule has 1 amide bonds. The lowest BCUT2D eigenvalue weighted by Crippen LogP contribution is -2.49. The lowest BCUT2D eigenvalue weighted by molar-refractivity contribution is -0.132. The number of carbonyl (C=O) groups excluding carboxylic acids is 1. The number of rotatable bonds is 4.